The highest BCUT2D eigenvalue weighted by Gasteiger charge is 2.26. The van der Waals surface area contributed by atoms with E-state index in [-0.39, 0.29) is 11.8 Å². The molecule has 0 bridgehead atoms. The predicted molar refractivity (Wildman–Crippen MR) is 73.0 cm³/mol. The Hall–Kier alpha value is -0.860. The summed E-state index contributed by atoms with van der Waals surface area (Å²) in [6, 6.07) is 0. The zero-order valence-electron chi connectivity index (χ0n) is 12.2. The largest absolute Gasteiger partial charge is 0.296 e. The Morgan fingerprint density at radius 1 is 1.17 bits per heavy atom. The van der Waals surface area contributed by atoms with Crippen molar-refractivity contribution in [2.45, 2.75) is 66.2 Å². The standard InChI is InChI=1S/C15H27NO2/c1-11(12-8-6-5-7-9-12)10-13(17)16-14(18)15(2,3)4/h11-12H,5-10H2,1-4H3,(H,16,17,18). The maximum Gasteiger partial charge on any atom is 0.231 e. The maximum absolute atomic E-state index is 11.8. The summed E-state index contributed by atoms with van der Waals surface area (Å²) in [5, 5.41) is 2.51. The Kier molecular flexibility index (Phi) is 5.36. The summed E-state index contributed by atoms with van der Waals surface area (Å²) in [5.74, 6) is 0.753. The molecule has 1 rings (SSSR count). The molecule has 0 aromatic heterocycles. The Morgan fingerprint density at radius 2 is 1.72 bits per heavy atom. The van der Waals surface area contributed by atoms with Gasteiger partial charge >= 0.3 is 0 Å². The van der Waals surface area contributed by atoms with Crippen LogP contribution in [0.1, 0.15) is 66.2 Å². The third-order valence-corrected chi connectivity index (χ3v) is 3.90. The summed E-state index contributed by atoms with van der Waals surface area (Å²) in [4.78, 5) is 23.5. The molecule has 0 spiro atoms. The smallest absolute Gasteiger partial charge is 0.231 e. The van der Waals surface area contributed by atoms with Crippen molar-refractivity contribution < 1.29 is 9.59 Å². The van der Waals surface area contributed by atoms with Gasteiger partial charge in [-0.2, -0.15) is 0 Å². The van der Waals surface area contributed by atoms with Crippen molar-refractivity contribution in [3.05, 3.63) is 0 Å². The number of carbonyl (C=O) groups excluding carboxylic acids is 2. The van der Waals surface area contributed by atoms with E-state index < -0.39 is 5.41 Å². The second-order valence-corrected chi connectivity index (χ2v) is 6.71. The fraction of sp³-hybridized carbons (Fsp3) is 0.867. The minimum atomic E-state index is -0.496. The molecule has 0 saturated heterocycles. The van der Waals surface area contributed by atoms with Crippen LogP contribution in [0.4, 0.5) is 0 Å². The lowest BCUT2D eigenvalue weighted by Crippen LogP contribution is -2.40. The third-order valence-electron chi connectivity index (χ3n) is 3.90. The highest BCUT2D eigenvalue weighted by Crippen LogP contribution is 2.31. The van der Waals surface area contributed by atoms with E-state index in [0.29, 0.717) is 18.3 Å². The van der Waals surface area contributed by atoms with Crippen molar-refractivity contribution in [3.63, 3.8) is 0 Å². The van der Waals surface area contributed by atoms with Gasteiger partial charge in [0, 0.05) is 11.8 Å². The molecule has 1 aliphatic carbocycles. The van der Waals surface area contributed by atoms with Crippen LogP contribution >= 0.6 is 0 Å². The highest BCUT2D eigenvalue weighted by atomic mass is 16.2. The molecule has 1 saturated carbocycles. The molecule has 1 fully saturated rings. The molecule has 0 heterocycles. The highest BCUT2D eigenvalue weighted by molar-refractivity contribution is 5.97. The summed E-state index contributed by atoms with van der Waals surface area (Å²) in [6.07, 6.45) is 6.86. The number of imide groups is 1. The Labute approximate surface area is 111 Å². The van der Waals surface area contributed by atoms with Gasteiger partial charge in [-0.3, -0.25) is 14.9 Å². The molecule has 104 valence electrons. The lowest BCUT2D eigenvalue weighted by atomic mass is 9.79. The van der Waals surface area contributed by atoms with E-state index in [0.717, 1.165) is 0 Å². The van der Waals surface area contributed by atoms with Gasteiger partial charge in [0.05, 0.1) is 0 Å². The van der Waals surface area contributed by atoms with E-state index in [1.807, 2.05) is 20.8 Å². The molecule has 0 aromatic rings. The van der Waals surface area contributed by atoms with Crippen molar-refractivity contribution in [1.82, 2.24) is 5.32 Å². The van der Waals surface area contributed by atoms with Crippen molar-refractivity contribution in [1.29, 1.82) is 0 Å². The van der Waals surface area contributed by atoms with E-state index in [2.05, 4.69) is 12.2 Å². The van der Waals surface area contributed by atoms with Gasteiger partial charge in [0.1, 0.15) is 0 Å². The molecule has 0 aromatic carbocycles. The summed E-state index contributed by atoms with van der Waals surface area (Å²) >= 11 is 0. The number of rotatable bonds is 3. The fourth-order valence-electron chi connectivity index (χ4n) is 2.53. The van der Waals surface area contributed by atoms with E-state index in [4.69, 9.17) is 0 Å². The van der Waals surface area contributed by atoms with Crippen molar-refractivity contribution in [3.8, 4) is 0 Å². The molecule has 2 amide bonds. The van der Waals surface area contributed by atoms with Crippen molar-refractivity contribution in [2.75, 3.05) is 0 Å². The molecule has 3 heteroatoms. The molecule has 0 radical (unpaired) electrons. The Bertz CT molecular complexity index is 298. The lowest BCUT2D eigenvalue weighted by Gasteiger charge is -2.27. The van der Waals surface area contributed by atoms with Crippen LogP contribution in [0.3, 0.4) is 0 Å². The number of hydrogen-bond acceptors (Lipinski definition) is 2. The average molecular weight is 253 g/mol. The molecular weight excluding hydrogens is 226 g/mol. The average Bonchev–Trinajstić information content (AvgIpc) is 2.28. The van der Waals surface area contributed by atoms with Gasteiger partial charge in [0.2, 0.25) is 11.8 Å². The monoisotopic (exact) mass is 253 g/mol. The lowest BCUT2D eigenvalue weighted by molar-refractivity contribution is -0.135. The van der Waals surface area contributed by atoms with Gasteiger partial charge in [-0.25, -0.2) is 0 Å². The second kappa shape index (κ2) is 6.35. The minimum absolute atomic E-state index is 0.118. The molecule has 18 heavy (non-hydrogen) atoms. The maximum atomic E-state index is 11.8. The SMILES string of the molecule is CC(CC(=O)NC(=O)C(C)(C)C)C1CCCCC1. The van der Waals surface area contributed by atoms with Crippen LogP contribution in [0.2, 0.25) is 0 Å². The Morgan fingerprint density at radius 3 is 2.22 bits per heavy atom. The summed E-state index contributed by atoms with van der Waals surface area (Å²) in [6.45, 7) is 7.59. The van der Waals surface area contributed by atoms with Crippen LogP contribution < -0.4 is 5.32 Å². The van der Waals surface area contributed by atoms with E-state index in [9.17, 15) is 9.59 Å². The van der Waals surface area contributed by atoms with Gasteiger partial charge in [0.15, 0.2) is 0 Å². The first-order valence-corrected chi connectivity index (χ1v) is 7.15. The number of amides is 2. The first kappa shape index (κ1) is 15.2. The minimum Gasteiger partial charge on any atom is -0.296 e. The van der Waals surface area contributed by atoms with Gasteiger partial charge in [-0.15, -0.1) is 0 Å². The Balaban J connectivity index is 2.37. The molecule has 1 atom stereocenters. The van der Waals surface area contributed by atoms with E-state index in [1.54, 1.807) is 0 Å². The molecule has 1 aliphatic rings. The molecule has 0 aliphatic heterocycles. The third kappa shape index (κ3) is 4.79. The molecular formula is C15H27NO2. The van der Waals surface area contributed by atoms with Crippen LogP contribution in [-0.4, -0.2) is 11.8 Å². The van der Waals surface area contributed by atoms with Crippen molar-refractivity contribution in [2.24, 2.45) is 17.3 Å². The van der Waals surface area contributed by atoms with Gasteiger partial charge in [-0.1, -0.05) is 59.8 Å². The normalized spacial score (nSPS) is 19.3. The van der Waals surface area contributed by atoms with E-state index in [1.165, 1.54) is 32.1 Å². The van der Waals surface area contributed by atoms with Crippen molar-refractivity contribution >= 4 is 11.8 Å². The van der Waals surface area contributed by atoms with E-state index >= 15 is 0 Å². The van der Waals surface area contributed by atoms with Crippen LogP contribution in [0.25, 0.3) is 0 Å². The van der Waals surface area contributed by atoms with Gasteiger partial charge in [0.25, 0.3) is 0 Å². The quantitative estimate of drug-likeness (QED) is 0.839. The summed E-state index contributed by atoms with van der Waals surface area (Å²) in [5.41, 5.74) is -0.496. The second-order valence-electron chi connectivity index (χ2n) is 6.71. The number of hydrogen-bond donors (Lipinski definition) is 1. The van der Waals surface area contributed by atoms with Crippen LogP contribution in [0.5, 0.6) is 0 Å². The fourth-order valence-corrected chi connectivity index (χ4v) is 2.53. The first-order chi connectivity index (χ1) is 8.30. The molecule has 1 unspecified atom stereocenters. The van der Waals surface area contributed by atoms with Crippen LogP contribution in [-0.2, 0) is 9.59 Å². The molecule has 3 nitrogen and oxygen atoms in total. The number of nitrogens with one attached hydrogen (secondary N) is 1. The zero-order valence-corrected chi connectivity index (χ0v) is 12.2. The summed E-state index contributed by atoms with van der Waals surface area (Å²) in [7, 11) is 0. The van der Waals surface area contributed by atoms with Crippen LogP contribution in [0.15, 0.2) is 0 Å². The van der Waals surface area contributed by atoms with Gasteiger partial charge < -0.3 is 0 Å². The number of carbonyl (C=O) groups is 2. The summed E-state index contributed by atoms with van der Waals surface area (Å²) < 4.78 is 0. The first-order valence-electron chi connectivity index (χ1n) is 7.15. The predicted octanol–water partition coefficient (Wildman–Crippen LogP) is 3.28. The van der Waals surface area contributed by atoms with Crippen LogP contribution in [0, 0.1) is 17.3 Å². The zero-order chi connectivity index (χ0) is 13.8. The van der Waals surface area contributed by atoms with Gasteiger partial charge in [-0.05, 0) is 11.8 Å². The topological polar surface area (TPSA) is 46.2 Å². The molecule has 1 N–H and O–H groups in total.